The Hall–Kier alpha value is -2.84. The van der Waals surface area contributed by atoms with E-state index in [0.717, 1.165) is 11.1 Å². The summed E-state index contributed by atoms with van der Waals surface area (Å²) in [6, 6.07) is 13.8. The van der Waals surface area contributed by atoms with Crippen LogP contribution in [0.2, 0.25) is 5.02 Å². The molecule has 1 heterocycles. The van der Waals surface area contributed by atoms with Gasteiger partial charge in [0.2, 0.25) is 5.95 Å². The van der Waals surface area contributed by atoms with E-state index < -0.39 is 9.84 Å². The lowest BCUT2D eigenvalue weighted by Crippen LogP contribution is -2.10. The largest absolute Gasteiger partial charge is 0.494 e. The molecule has 0 amide bonds. The minimum Gasteiger partial charge on any atom is -0.494 e. The van der Waals surface area contributed by atoms with E-state index in [9.17, 15) is 8.42 Å². The van der Waals surface area contributed by atoms with Gasteiger partial charge in [-0.05, 0) is 49.2 Å². The van der Waals surface area contributed by atoms with Gasteiger partial charge in [0.25, 0.3) is 0 Å². The first-order chi connectivity index (χ1) is 14.2. The van der Waals surface area contributed by atoms with Crippen molar-refractivity contribution in [2.45, 2.75) is 18.2 Å². The van der Waals surface area contributed by atoms with Crippen molar-refractivity contribution in [1.82, 2.24) is 9.97 Å². The molecule has 0 aliphatic rings. The molecule has 30 heavy (non-hydrogen) atoms. The lowest BCUT2D eigenvalue weighted by Gasteiger charge is -2.11. The molecule has 0 unspecified atom stereocenters. The Kier molecular flexibility index (Phi) is 6.79. The summed E-state index contributed by atoms with van der Waals surface area (Å²) in [6.07, 6.45) is 1.89. The van der Waals surface area contributed by atoms with Crippen LogP contribution in [0.5, 0.6) is 5.75 Å². The number of nitrogens with one attached hydrogen (secondary N) is 1. The number of rotatable bonds is 8. The van der Waals surface area contributed by atoms with Gasteiger partial charge in [-0.3, -0.25) is 0 Å². The third kappa shape index (κ3) is 5.61. The van der Waals surface area contributed by atoms with Crippen molar-refractivity contribution in [3.63, 3.8) is 0 Å². The summed E-state index contributed by atoms with van der Waals surface area (Å²) in [7, 11) is -3.21. The highest BCUT2D eigenvalue weighted by Gasteiger charge is 2.10. The van der Waals surface area contributed by atoms with Crippen LogP contribution < -0.4 is 15.8 Å². The Morgan fingerprint density at radius 2 is 1.87 bits per heavy atom. The van der Waals surface area contributed by atoms with Gasteiger partial charge in [-0.15, -0.1) is 0 Å². The zero-order valence-corrected chi connectivity index (χ0v) is 18.3. The highest BCUT2D eigenvalue weighted by atomic mass is 35.5. The number of hydrogen-bond acceptors (Lipinski definition) is 7. The van der Waals surface area contributed by atoms with Gasteiger partial charge in [0.1, 0.15) is 11.6 Å². The van der Waals surface area contributed by atoms with E-state index in [2.05, 4.69) is 15.3 Å². The SMILES string of the molecule is Cc1c(Cl)cccc1-c1cc(NCCCOc2ccc(S(C)(=O)=O)cc2)nc(N)n1. The van der Waals surface area contributed by atoms with Crippen LogP contribution >= 0.6 is 11.6 Å². The Morgan fingerprint density at radius 3 is 2.57 bits per heavy atom. The summed E-state index contributed by atoms with van der Waals surface area (Å²) >= 11 is 6.21. The van der Waals surface area contributed by atoms with Crippen molar-refractivity contribution in [3.05, 3.63) is 59.1 Å². The molecule has 3 aromatic rings. The summed E-state index contributed by atoms with van der Waals surface area (Å²) < 4.78 is 28.6. The predicted octanol–water partition coefficient (Wildman–Crippen LogP) is 3.97. The quantitative estimate of drug-likeness (QED) is 0.504. The minimum absolute atomic E-state index is 0.177. The van der Waals surface area contributed by atoms with Crippen LogP contribution in [0.1, 0.15) is 12.0 Å². The number of nitrogen functional groups attached to an aromatic ring is 1. The van der Waals surface area contributed by atoms with E-state index >= 15 is 0 Å². The maximum absolute atomic E-state index is 11.5. The molecule has 2 aromatic carbocycles. The molecule has 7 nitrogen and oxygen atoms in total. The first-order valence-electron chi connectivity index (χ1n) is 9.31. The van der Waals surface area contributed by atoms with E-state index in [4.69, 9.17) is 22.1 Å². The van der Waals surface area contributed by atoms with Crippen molar-refractivity contribution in [1.29, 1.82) is 0 Å². The second kappa shape index (κ2) is 9.32. The van der Waals surface area contributed by atoms with Gasteiger partial charge in [0.05, 0.1) is 17.2 Å². The van der Waals surface area contributed by atoms with Crippen LogP contribution in [0.15, 0.2) is 53.4 Å². The van der Waals surface area contributed by atoms with Crippen LogP contribution in [-0.2, 0) is 9.84 Å². The Bertz CT molecular complexity index is 1140. The molecule has 0 bridgehead atoms. The van der Waals surface area contributed by atoms with Gasteiger partial charge in [0.15, 0.2) is 9.84 Å². The van der Waals surface area contributed by atoms with Gasteiger partial charge in [-0.2, -0.15) is 4.98 Å². The molecule has 1 aromatic heterocycles. The zero-order valence-electron chi connectivity index (χ0n) is 16.7. The number of halogens is 1. The lowest BCUT2D eigenvalue weighted by molar-refractivity contribution is 0.315. The number of hydrogen-bond donors (Lipinski definition) is 2. The molecule has 0 atom stereocenters. The van der Waals surface area contributed by atoms with E-state index in [0.29, 0.717) is 41.9 Å². The number of nitrogens with two attached hydrogens (primary N) is 1. The van der Waals surface area contributed by atoms with Crippen molar-refractivity contribution in [2.75, 3.05) is 30.5 Å². The molecule has 0 aliphatic carbocycles. The molecule has 0 spiro atoms. The summed E-state index contributed by atoms with van der Waals surface area (Å²) in [5, 5.41) is 3.89. The Morgan fingerprint density at radius 1 is 1.13 bits per heavy atom. The number of benzene rings is 2. The highest BCUT2D eigenvalue weighted by Crippen LogP contribution is 2.28. The third-order valence-electron chi connectivity index (χ3n) is 4.43. The molecule has 0 radical (unpaired) electrons. The highest BCUT2D eigenvalue weighted by molar-refractivity contribution is 7.90. The second-order valence-corrected chi connectivity index (χ2v) is 9.20. The number of anilines is 2. The Labute approximate surface area is 181 Å². The number of sulfone groups is 1. The standard InChI is InChI=1S/C21H23ClN4O3S/c1-14-17(5-3-6-18(14)22)19-13-20(26-21(23)25-19)24-11-4-12-29-15-7-9-16(10-8-15)30(2,27)28/h3,5-10,13H,4,11-12H2,1-2H3,(H3,23,24,25,26). The molecule has 0 saturated heterocycles. The van der Waals surface area contributed by atoms with Crippen LogP contribution in [0, 0.1) is 6.92 Å². The Balaban J connectivity index is 1.55. The summed E-state index contributed by atoms with van der Waals surface area (Å²) in [6.45, 7) is 3.01. The van der Waals surface area contributed by atoms with Crippen LogP contribution in [0.3, 0.4) is 0 Å². The van der Waals surface area contributed by atoms with E-state index in [1.807, 2.05) is 31.2 Å². The van der Waals surface area contributed by atoms with Crippen molar-refractivity contribution in [2.24, 2.45) is 0 Å². The molecule has 0 fully saturated rings. The fourth-order valence-corrected chi connectivity index (χ4v) is 3.65. The molecular formula is C21H23ClN4O3S. The molecular weight excluding hydrogens is 424 g/mol. The molecule has 158 valence electrons. The summed E-state index contributed by atoms with van der Waals surface area (Å²) in [4.78, 5) is 8.81. The summed E-state index contributed by atoms with van der Waals surface area (Å²) in [5.74, 6) is 1.42. The van der Waals surface area contributed by atoms with Crippen LogP contribution in [0.25, 0.3) is 11.3 Å². The zero-order chi connectivity index (χ0) is 21.7. The number of nitrogens with zero attached hydrogens (tertiary/aromatic N) is 2. The summed E-state index contributed by atoms with van der Waals surface area (Å²) in [5.41, 5.74) is 8.40. The van der Waals surface area contributed by atoms with E-state index in [-0.39, 0.29) is 10.8 Å². The first kappa shape index (κ1) is 21.9. The molecule has 3 N–H and O–H groups in total. The fraction of sp³-hybridized carbons (Fsp3) is 0.238. The van der Waals surface area contributed by atoms with Crippen LogP contribution in [-0.4, -0.2) is 37.8 Å². The van der Waals surface area contributed by atoms with Gasteiger partial charge in [-0.1, -0.05) is 23.7 Å². The van der Waals surface area contributed by atoms with Crippen molar-refractivity contribution < 1.29 is 13.2 Å². The topological polar surface area (TPSA) is 107 Å². The number of aromatic nitrogens is 2. The average molecular weight is 447 g/mol. The average Bonchev–Trinajstić information content (AvgIpc) is 2.69. The van der Waals surface area contributed by atoms with Crippen LogP contribution in [0.4, 0.5) is 11.8 Å². The van der Waals surface area contributed by atoms with Gasteiger partial charge < -0.3 is 15.8 Å². The minimum atomic E-state index is -3.21. The maximum atomic E-state index is 11.5. The molecule has 0 aliphatic heterocycles. The predicted molar refractivity (Wildman–Crippen MR) is 120 cm³/mol. The molecule has 0 saturated carbocycles. The normalized spacial score (nSPS) is 11.3. The van der Waals surface area contributed by atoms with E-state index in [1.54, 1.807) is 12.1 Å². The third-order valence-corrected chi connectivity index (χ3v) is 5.97. The monoisotopic (exact) mass is 446 g/mol. The van der Waals surface area contributed by atoms with Crippen molar-refractivity contribution in [3.8, 4) is 17.0 Å². The second-order valence-electron chi connectivity index (χ2n) is 6.78. The smallest absolute Gasteiger partial charge is 0.222 e. The molecule has 9 heteroatoms. The lowest BCUT2D eigenvalue weighted by atomic mass is 10.1. The molecule has 3 rings (SSSR count). The fourth-order valence-electron chi connectivity index (χ4n) is 2.84. The van der Waals surface area contributed by atoms with Gasteiger partial charge in [-0.25, -0.2) is 13.4 Å². The van der Waals surface area contributed by atoms with Crippen molar-refractivity contribution >= 4 is 33.2 Å². The van der Waals surface area contributed by atoms with Gasteiger partial charge in [0, 0.05) is 29.5 Å². The van der Waals surface area contributed by atoms with E-state index in [1.165, 1.54) is 18.4 Å². The maximum Gasteiger partial charge on any atom is 0.222 e. The van der Waals surface area contributed by atoms with Gasteiger partial charge >= 0.3 is 0 Å². The number of ether oxygens (including phenoxy) is 1. The first-order valence-corrected chi connectivity index (χ1v) is 11.6.